The number of aromatic nitrogens is 2. The van der Waals surface area contributed by atoms with E-state index in [1.807, 2.05) is 13.0 Å². The zero-order valence-corrected chi connectivity index (χ0v) is 15.2. The van der Waals surface area contributed by atoms with Gasteiger partial charge >= 0.3 is 0 Å². The Bertz CT molecular complexity index is 1070. The second-order valence-corrected chi connectivity index (χ2v) is 6.18. The number of rotatable bonds is 5. The van der Waals surface area contributed by atoms with Crippen LogP contribution in [-0.2, 0) is 16.1 Å². The Kier molecular flexibility index (Phi) is 5.30. The van der Waals surface area contributed by atoms with E-state index in [4.69, 9.17) is 0 Å². The van der Waals surface area contributed by atoms with Gasteiger partial charge in [0.2, 0.25) is 11.8 Å². The molecule has 3 aromatic rings. The Hall–Kier alpha value is -3.48. The Morgan fingerprint density at radius 3 is 2.41 bits per heavy atom. The molecule has 0 aliphatic rings. The number of carbonyl (C=O) groups excluding carboxylic acids is 2. The number of fused-ring (bicyclic) bond motifs is 1. The van der Waals surface area contributed by atoms with Crippen molar-refractivity contribution in [2.24, 2.45) is 0 Å². The fourth-order valence-electron chi connectivity index (χ4n) is 2.73. The lowest BCUT2D eigenvalue weighted by molar-refractivity contribution is -0.117. The summed E-state index contributed by atoms with van der Waals surface area (Å²) in [5, 5.41) is 5.95. The molecule has 0 spiro atoms. The van der Waals surface area contributed by atoms with Gasteiger partial charge in [0.15, 0.2) is 0 Å². The first-order chi connectivity index (χ1) is 13.0. The molecule has 0 saturated carbocycles. The molecule has 3 rings (SSSR count). The quantitative estimate of drug-likeness (QED) is 0.728. The highest BCUT2D eigenvalue weighted by molar-refractivity contribution is 5.94. The van der Waals surface area contributed by atoms with Crippen LogP contribution in [0.2, 0.25) is 0 Å². The topological polar surface area (TPSA) is 93.1 Å². The number of para-hydroxylation sites is 1. The van der Waals surface area contributed by atoms with Crippen LogP contribution < -0.4 is 16.2 Å². The van der Waals surface area contributed by atoms with Gasteiger partial charge in [0.05, 0.1) is 17.2 Å². The van der Waals surface area contributed by atoms with Crippen molar-refractivity contribution in [3.63, 3.8) is 0 Å². The molecule has 0 bridgehead atoms. The molecule has 0 saturated heterocycles. The van der Waals surface area contributed by atoms with Gasteiger partial charge < -0.3 is 10.6 Å². The molecule has 0 aliphatic carbocycles. The van der Waals surface area contributed by atoms with E-state index < -0.39 is 0 Å². The van der Waals surface area contributed by atoms with E-state index in [2.05, 4.69) is 15.6 Å². The molecule has 7 nitrogen and oxygen atoms in total. The van der Waals surface area contributed by atoms with Crippen molar-refractivity contribution in [2.45, 2.75) is 26.8 Å². The van der Waals surface area contributed by atoms with Crippen molar-refractivity contribution < 1.29 is 9.59 Å². The molecule has 27 heavy (non-hydrogen) atoms. The maximum atomic E-state index is 12.6. The molecule has 0 radical (unpaired) electrons. The lowest BCUT2D eigenvalue weighted by atomic mass is 10.1. The molecule has 1 heterocycles. The number of hydrogen-bond donors (Lipinski definition) is 2. The van der Waals surface area contributed by atoms with Crippen LogP contribution in [-0.4, -0.2) is 21.4 Å². The highest BCUT2D eigenvalue weighted by Crippen LogP contribution is 2.15. The highest BCUT2D eigenvalue weighted by atomic mass is 16.2. The molecule has 138 valence electrons. The summed E-state index contributed by atoms with van der Waals surface area (Å²) in [4.78, 5) is 40.7. The van der Waals surface area contributed by atoms with E-state index in [0.717, 1.165) is 5.56 Å². The Balaban J connectivity index is 1.76. The molecule has 0 aliphatic heterocycles. The van der Waals surface area contributed by atoms with E-state index in [1.54, 1.807) is 43.3 Å². The molecular weight excluding hydrogens is 344 g/mol. The van der Waals surface area contributed by atoms with Gasteiger partial charge in [-0.05, 0) is 36.8 Å². The van der Waals surface area contributed by atoms with E-state index >= 15 is 0 Å². The number of nitrogens with one attached hydrogen (secondary N) is 2. The molecule has 1 aromatic heterocycles. The van der Waals surface area contributed by atoms with Gasteiger partial charge in [-0.25, -0.2) is 4.98 Å². The zero-order chi connectivity index (χ0) is 19.4. The summed E-state index contributed by atoms with van der Waals surface area (Å²) in [5.41, 5.74) is 2.42. The number of hydrogen-bond acceptors (Lipinski definition) is 4. The minimum Gasteiger partial charge on any atom is -0.326 e. The van der Waals surface area contributed by atoms with Gasteiger partial charge in [-0.1, -0.05) is 25.1 Å². The summed E-state index contributed by atoms with van der Waals surface area (Å²) in [5.74, 6) is -0.465. The Morgan fingerprint density at radius 2 is 1.70 bits per heavy atom. The van der Waals surface area contributed by atoms with Gasteiger partial charge in [0, 0.05) is 17.8 Å². The van der Waals surface area contributed by atoms with Crippen LogP contribution in [0.1, 0.15) is 18.9 Å². The van der Waals surface area contributed by atoms with Gasteiger partial charge in [-0.2, -0.15) is 0 Å². The second kappa shape index (κ2) is 7.82. The largest absolute Gasteiger partial charge is 0.326 e. The summed E-state index contributed by atoms with van der Waals surface area (Å²) in [7, 11) is 0. The summed E-state index contributed by atoms with van der Waals surface area (Å²) in [6.07, 6.45) is 1.75. The number of aryl methyl sites for hydroxylation is 1. The van der Waals surface area contributed by atoms with Crippen molar-refractivity contribution in [1.29, 1.82) is 0 Å². The van der Waals surface area contributed by atoms with Crippen LogP contribution in [0, 0.1) is 6.92 Å². The molecule has 0 fully saturated rings. The highest BCUT2D eigenvalue weighted by Gasteiger charge is 2.10. The first kappa shape index (κ1) is 18.3. The van der Waals surface area contributed by atoms with Gasteiger partial charge in [-0.15, -0.1) is 0 Å². The van der Waals surface area contributed by atoms with Gasteiger partial charge in [0.1, 0.15) is 6.54 Å². The lowest BCUT2D eigenvalue weighted by Crippen LogP contribution is -2.28. The minimum atomic E-state index is -0.357. The summed E-state index contributed by atoms with van der Waals surface area (Å²) in [6, 6.07) is 12.2. The molecule has 2 N–H and O–H groups in total. The SMILES string of the molecule is CCC(=O)Nc1cccc(NC(=O)Cn2cnc3c(C)cccc3c2=O)c1. The van der Waals surface area contributed by atoms with E-state index in [-0.39, 0.29) is 23.9 Å². The van der Waals surface area contributed by atoms with Crippen LogP contribution in [0.25, 0.3) is 10.9 Å². The number of benzene rings is 2. The normalized spacial score (nSPS) is 10.6. The van der Waals surface area contributed by atoms with Crippen molar-refractivity contribution >= 4 is 34.1 Å². The molecular formula is C20H20N4O3. The third-order valence-electron chi connectivity index (χ3n) is 4.12. The Morgan fingerprint density at radius 1 is 1.04 bits per heavy atom. The summed E-state index contributed by atoms with van der Waals surface area (Å²) >= 11 is 0. The van der Waals surface area contributed by atoms with Crippen LogP contribution >= 0.6 is 0 Å². The van der Waals surface area contributed by atoms with Crippen molar-refractivity contribution in [3.05, 3.63) is 64.7 Å². The number of anilines is 2. The fourth-order valence-corrected chi connectivity index (χ4v) is 2.73. The molecule has 2 aromatic carbocycles. The predicted octanol–water partition coefficient (Wildman–Crippen LogP) is 2.69. The van der Waals surface area contributed by atoms with Crippen molar-refractivity contribution in [3.8, 4) is 0 Å². The van der Waals surface area contributed by atoms with Crippen molar-refractivity contribution in [1.82, 2.24) is 9.55 Å². The number of carbonyl (C=O) groups is 2. The van der Waals surface area contributed by atoms with E-state index in [0.29, 0.717) is 28.7 Å². The first-order valence-corrected chi connectivity index (χ1v) is 8.62. The smallest absolute Gasteiger partial charge is 0.261 e. The Labute approximate surface area is 156 Å². The minimum absolute atomic E-state index is 0.109. The predicted molar refractivity (Wildman–Crippen MR) is 105 cm³/mol. The third-order valence-corrected chi connectivity index (χ3v) is 4.12. The standard InChI is InChI=1S/C20H20N4O3/c1-3-17(25)22-14-7-5-8-15(10-14)23-18(26)11-24-12-21-19-13(2)6-4-9-16(19)20(24)27/h4-10,12H,3,11H2,1-2H3,(H,22,25)(H,23,26). The molecule has 7 heteroatoms. The van der Waals surface area contributed by atoms with Crippen LogP contribution in [0.5, 0.6) is 0 Å². The average molecular weight is 364 g/mol. The first-order valence-electron chi connectivity index (χ1n) is 8.62. The maximum Gasteiger partial charge on any atom is 0.261 e. The van der Waals surface area contributed by atoms with E-state index in [1.165, 1.54) is 10.9 Å². The third kappa shape index (κ3) is 4.20. The lowest BCUT2D eigenvalue weighted by Gasteiger charge is -2.10. The molecule has 0 atom stereocenters. The molecule has 0 unspecified atom stereocenters. The fraction of sp³-hybridized carbons (Fsp3) is 0.200. The molecule has 2 amide bonds. The van der Waals surface area contributed by atoms with Crippen LogP contribution in [0.15, 0.2) is 53.6 Å². The van der Waals surface area contributed by atoms with Crippen LogP contribution in [0.4, 0.5) is 11.4 Å². The van der Waals surface area contributed by atoms with Crippen LogP contribution in [0.3, 0.4) is 0 Å². The van der Waals surface area contributed by atoms with Gasteiger partial charge in [0.25, 0.3) is 5.56 Å². The van der Waals surface area contributed by atoms with Crippen molar-refractivity contribution in [2.75, 3.05) is 10.6 Å². The van der Waals surface area contributed by atoms with Gasteiger partial charge in [-0.3, -0.25) is 19.0 Å². The van der Waals surface area contributed by atoms with E-state index in [9.17, 15) is 14.4 Å². The summed E-state index contributed by atoms with van der Waals surface area (Å²) in [6.45, 7) is 3.50. The maximum absolute atomic E-state index is 12.6. The average Bonchev–Trinajstić information content (AvgIpc) is 2.64. The number of nitrogens with zero attached hydrogens (tertiary/aromatic N) is 2. The monoisotopic (exact) mass is 364 g/mol. The zero-order valence-electron chi connectivity index (χ0n) is 15.2. The summed E-state index contributed by atoms with van der Waals surface area (Å²) < 4.78 is 1.28. The second-order valence-electron chi connectivity index (χ2n) is 6.18. The number of amides is 2.